The third kappa shape index (κ3) is 2.81. The van der Waals surface area contributed by atoms with Crippen LogP contribution in [-0.4, -0.2) is 60.2 Å². The van der Waals surface area contributed by atoms with E-state index >= 15 is 0 Å². The number of carbonyl (C=O) groups is 1. The van der Waals surface area contributed by atoms with Crippen LogP contribution in [-0.2, 0) is 4.74 Å². The molecule has 3 rings (SSSR count). The molecule has 1 aromatic heterocycles. The number of rotatable bonds is 3. The number of hydrogen-bond donors (Lipinski definition) is 2. The van der Waals surface area contributed by atoms with Crippen molar-refractivity contribution in [3.05, 3.63) is 30.1 Å². The summed E-state index contributed by atoms with van der Waals surface area (Å²) in [7, 11) is 2.06. The summed E-state index contributed by atoms with van der Waals surface area (Å²) in [5.74, 6) is -0.0849. The first-order valence-electron chi connectivity index (χ1n) is 6.74. The predicted molar refractivity (Wildman–Crippen MR) is 75.7 cm³/mol. The van der Waals surface area contributed by atoms with E-state index in [0.717, 1.165) is 30.7 Å². The molecule has 20 heavy (non-hydrogen) atoms. The number of H-pyrrole nitrogens is 1. The second-order valence-corrected chi connectivity index (χ2v) is 5.10. The number of amides is 1. The topological polar surface area (TPSA) is 70.2 Å². The monoisotopic (exact) mass is 274 g/mol. The van der Waals surface area contributed by atoms with Gasteiger partial charge in [-0.1, -0.05) is 0 Å². The molecule has 1 aromatic carbocycles. The summed E-state index contributed by atoms with van der Waals surface area (Å²) < 4.78 is 5.62. The van der Waals surface area contributed by atoms with Gasteiger partial charge in [0.25, 0.3) is 5.91 Å². The van der Waals surface area contributed by atoms with Crippen molar-refractivity contribution in [2.45, 2.75) is 6.10 Å². The first-order chi connectivity index (χ1) is 9.72. The van der Waals surface area contributed by atoms with Gasteiger partial charge in [-0.25, -0.2) is 4.98 Å². The highest BCUT2D eigenvalue weighted by atomic mass is 16.5. The number of imidazole rings is 1. The van der Waals surface area contributed by atoms with E-state index in [4.69, 9.17) is 4.74 Å². The van der Waals surface area contributed by atoms with Crippen LogP contribution in [0.1, 0.15) is 10.4 Å². The molecule has 106 valence electrons. The molecule has 0 saturated carbocycles. The Hall–Kier alpha value is -1.92. The lowest BCUT2D eigenvalue weighted by Gasteiger charge is -2.30. The minimum Gasteiger partial charge on any atom is -0.374 e. The van der Waals surface area contributed by atoms with E-state index in [1.165, 1.54) is 0 Å². The summed E-state index contributed by atoms with van der Waals surface area (Å²) in [6.45, 7) is 3.04. The summed E-state index contributed by atoms with van der Waals surface area (Å²) >= 11 is 0. The first kappa shape index (κ1) is 13.1. The van der Waals surface area contributed by atoms with Crippen molar-refractivity contribution < 1.29 is 9.53 Å². The zero-order chi connectivity index (χ0) is 13.9. The van der Waals surface area contributed by atoms with Crippen LogP contribution in [0.2, 0.25) is 0 Å². The van der Waals surface area contributed by atoms with E-state index in [9.17, 15) is 4.79 Å². The Kier molecular flexibility index (Phi) is 3.66. The number of morpholine rings is 1. The number of likely N-dealkylation sites (N-methyl/N-ethyl adjacent to an activating group) is 1. The fourth-order valence-corrected chi connectivity index (χ4v) is 2.38. The molecule has 2 N–H and O–H groups in total. The van der Waals surface area contributed by atoms with Crippen molar-refractivity contribution in [3.8, 4) is 0 Å². The number of nitrogens with one attached hydrogen (secondary N) is 2. The number of carbonyl (C=O) groups excluding carboxylic acids is 1. The molecule has 0 spiro atoms. The number of ether oxygens (including phenoxy) is 1. The Morgan fingerprint density at radius 2 is 2.50 bits per heavy atom. The quantitative estimate of drug-likeness (QED) is 0.861. The first-order valence-corrected chi connectivity index (χ1v) is 6.74. The molecular weight excluding hydrogens is 256 g/mol. The normalized spacial score (nSPS) is 20.1. The van der Waals surface area contributed by atoms with Gasteiger partial charge >= 0.3 is 0 Å². The molecular formula is C14H18N4O2. The highest BCUT2D eigenvalue weighted by Crippen LogP contribution is 2.11. The number of benzene rings is 1. The lowest BCUT2D eigenvalue weighted by molar-refractivity contribution is -0.0175. The van der Waals surface area contributed by atoms with Crippen LogP contribution in [0.4, 0.5) is 0 Å². The second kappa shape index (κ2) is 5.60. The third-order valence-electron chi connectivity index (χ3n) is 3.51. The predicted octanol–water partition coefficient (Wildman–Crippen LogP) is 0.623. The summed E-state index contributed by atoms with van der Waals surface area (Å²) in [5.41, 5.74) is 2.36. The van der Waals surface area contributed by atoms with Crippen LogP contribution in [0.15, 0.2) is 24.5 Å². The Balaban J connectivity index is 1.60. The molecule has 1 aliphatic heterocycles. The minimum atomic E-state index is -0.0849. The molecule has 6 nitrogen and oxygen atoms in total. The summed E-state index contributed by atoms with van der Waals surface area (Å²) in [4.78, 5) is 21.5. The molecule has 1 aliphatic rings. The van der Waals surface area contributed by atoms with Crippen molar-refractivity contribution in [3.63, 3.8) is 0 Å². The molecule has 0 radical (unpaired) electrons. The third-order valence-corrected chi connectivity index (χ3v) is 3.51. The van der Waals surface area contributed by atoms with E-state index in [1.54, 1.807) is 12.4 Å². The minimum absolute atomic E-state index is 0.0635. The molecule has 2 aromatic rings. The largest absolute Gasteiger partial charge is 0.374 e. The van der Waals surface area contributed by atoms with Crippen LogP contribution in [0.3, 0.4) is 0 Å². The van der Waals surface area contributed by atoms with Gasteiger partial charge in [0.1, 0.15) is 0 Å². The van der Waals surface area contributed by atoms with Crippen molar-refractivity contribution in [1.82, 2.24) is 20.2 Å². The van der Waals surface area contributed by atoms with Gasteiger partial charge in [0, 0.05) is 25.2 Å². The molecule has 2 heterocycles. The Labute approximate surface area is 117 Å². The highest BCUT2D eigenvalue weighted by molar-refractivity contribution is 5.97. The maximum Gasteiger partial charge on any atom is 0.251 e. The van der Waals surface area contributed by atoms with Gasteiger partial charge in [0.05, 0.1) is 30.1 Å². The number of aromatic amines is 1. The average Bonchev–Trinajstić information content (AvgIpc) is 2.92. The lowest BCUT2D eigenvalue weighted by Crippen LogP contribution is -2.45. The van der Waals surface area contributed by atoms with Gasteiger partial charge in [-0.05, 0) is 25.2 Å². The van der Waals surface area contributed by atoms with Gasteiger partial charge in [0.15, 0.2) is 0 Å². The van der Waals surface area contributed by atoms with Crippen LogP contribution < -0.4 is 5.32 Å². The Bertz CT molecular complexity index is 610. The number of fused-ring (bicyclic) bond motifs is 1. The van der Waals surface area contributed by atoms with Crippen molar-refractivity contribution >= 4 is 16.9 Å². The fourth-order valence-electron chi connectivity index (χ4n) is 2.38. The summed E-state index contributed by atoms with van der Waals surface area (Å²) in [6, 6.07) is 5.43. The fraction of sp³-hybridized carbons (Fsp3) is 0.429. The van der Waals surface area contributed by atoms with Crippen LogP contribution in [0.25, 0.3) is 11.0 Å². The van der Waals surface area contributed by atoms with Gasteiger partial charge in [-0.3, -0.25) is 4.79 Å². The van der Waals surface area contributed by atoms with Crippen molar-refractivity contribution in [2.75, 3.05) is 33.3 Å². The molecule has 1 saturated heterocycles. The van der Waals surface area contributed by atoms with Crippen LogP contribution >= 0.6 is 0 Å². The highest BCUT2D eigenvalue weighted by Gasteiger charge is 2.18. The van der Waals surface area contributed by atoms with E-state index in [2.05, 4.69) is 27.2 Å². The summed E-state index contributed by atoms with van der Waals surface area (Å²) in [5, 5.41) is 2.92. The standard InChI is InChI=1S/C14H18N4O2/c1-18-4-5-20-11(8-18)7-15-14(19)10-2-3-12-13(6-10)17-9-16-12/h2-3,6,9,11H,4-5,7-8H2,1H3,(H,15,19)(H,16,17). The molecule has 6 heteroatoms. The van der Waals surface area contributed by atoms with E-state index in [0.29, 0.717) is 12.1 Å². The van der Waals surface area contributed by atoms with Crippen LogP contribution in [0.5, 0.6) is 0 Å². The average molecular weight is 274 g/mol. The zero-order valence-corrected chi connectivity index (χ0v) is 11.4. The van der Waals surface area contributed by atoms with E-state index in [1.807, 2.05) is 12.1 Å². The molecule has 1 fully saturated rings. The molecule has 0 bridgehead atoms. The van der Waals surface area contributed by atoms with Gasteiger partial charge < -0.3 is 19.9 Å². The number of nitrogens with zero attached hydrogens (tertiary/aromatic N) is 2. The van der Waals surface area contributed by atoms with Crippen molar-refractivity contribution in [2.24, 2.45) is 0 Å². The molecule has 1 atom stereocenters. The number of hydrogen-bond acceptors (Lipinski definition) is 4. The van der Waals surface area contributed by atoms with Gasteiger partial charge in [0.2, 0.25) is 0 Å². The SMILES string of the molecule is CN1CCOC(CNC(=O)c2ccc3nc[nH]c3c2)C1. The molecule has 0 aliphatic carbocycles. The van der Waals surface area contributed by atoms with E-state index < -0.39 is 0 Å². The lowest BCUT2D eigenvalue weighted by atomic mass is 10.2. The maximum absolute atomic E-state index is 12.1. The van der Waals surface area contributed by atoms with Gasteiger partial charge in [-0.2, -0.15) is 0 Å². The molecule has 1 unspecified atom stereocenters. The van der Waals surface area contributed by atoms with Crippen molar-refractivity contribution in [1.29, 1.82) is 0 Å². The maximum atomic E-state index is 12.1. The van der Waals surface area contributed by atoms with Crippen LogP contribution in [0, 0.1) is 0 Å². The molecule has 1 amide bonds. The zero-order valence-electron chi connectivity index (χ0n) is 11.4. The van der Waals surface area contributed by atoms with E-state index in [-0.39, 0.29) is 12.0 Å². The smallest absolute Gasteiger partial charge is 0.251 e. The Morgan fingerprint density at radius 1 is 1.60 bits per heavy atom. The Morgan fingerprint density at radius 3 is 3.35 bits per heavy atom. The number of aromatic nitrogens is 2. The van der Waals surface area contributed by atoms with Gasteiger partial charge in [-0.15, -0.1) is 0 Å². The second-order valence-electron chi connectivity index (χ2n) is 5.10. The summed E-state index contributed by atoms with van der Waals surface area (Å²) in [6.07, 6.45) is 1.69.